The summed E-state index contributed by atoms with van der Waals surface area (Å²) in [6, 6.07) is 13.1. The van der Waals surface area contributed by atoms with Crippen LogP contribution in [-0.4, -0.2) is 22.4 Å². The van der Waals surface area contributed by atoms with E-state index in [1.807, 2.05) is 24.3 Å². The van der Waals surface area contributed by atoms with Crippen LogP contribution in [0.1, 0.15) is 15.9 Å². The van der Waals surface area contributed by atoms with E-state index >= 15 is 0 Å². The average molecular weight is 385 g/mol. The Morgan fingerprint density at radius 3 is 2.42 bits per heavy atom. The molecule has 0 saturated heterocycles. The van der Waals surface area contributed by atoms with Crippen molar-refractivity contribution in [1.29, 1.82) is 0 Å². The quantitative estimate of drug-likeness (QED) is 0.708. The number of nitrogens with zero attached hydrogens (tertiary/aromatic N) is 3. The van der Waals surface area contributed by atoms with Crippen LogP contribution in [0.25, 0.3) is 0 Å². The molecule has 0 saturated carbocycles. The van der Waals surface area contributed by atoms with Gasteiger partial charge >= 0.3 is 0 Å². The molecule has 1 amide bonds. The first-order valence-corrected chi connectivity index (χ1v) is 8.82. The molecule has 0 atom stereocenters. The van der Waals surface area contributed by atoms with Crippen molar-refractivity contribution in [2.75, 3.05) is 16.8 Å². The molecule has 130 valence electrons. The fraction of sp³-hybridized carbons (Fsp3) is 0.105. The summed E-state index contributed by atoms with van der Waals surface area (Å²) >= 11 is 12.3. The molecule has 1 aliphatic rings. The van der Waals surface area contributed by atoms with E-state index in [9.17, 15) is 4.79 Å². The molecule has 2 heterocycles. The van der Waals surface area contributed by atoms with Crippen molar-refractivity contribution in [2.24, 2.45) is 0 Å². The monoisotopic (exact) mass is 384 g/mol. The number of anilines is 3. The number of hydrogen-bond acceptors (Lipinski definition) is 4. The van der Waals surface area contributed by atoms with E-state index in [0.717, 1.165) is 12.1 Å². The highest BCUT2D eigenvalue weighted by molar-refractivity contribution is 6.39. The van der Waals surface area contributed by atoms with Gasteiger partial charge in [-0.3, -0.25) is 4.79 Å². The van der Waals surface area contributed by atoms with Crippen LogP contribution >= 0.6 is 23.2 Å². The van der Waals surface area contributed by atoms with Crippen LogP contribution in [0.2, 0.25) is 10.0 Å². The molecule has 1 N–H and O–H groups in total. The number of carbonyl (C=O) groups is 1. The van der Waals surface area contributed by atoms with Crippen LogP contribution in [0, 0.1) is 0 Å². The minimum absolute atomic E-state index is 0.114. The molecule has 3 aromatic rings. The van der Waals surface area contributed by atoms with E-state index in [1.54, 1.807) is 23.1 Å². The summed E-state index contributed by atoms with van der Waals surface area (Å²) in [7, 11) is 0. The number of rotatable bonds is 3. The number of para-hydroxylation sites is 2. The molecule has 0 bridgehead atoms. The maximum atomic E-state index is 12.8. The van der Waals surface area contributed by atoms with Crippen molar-refractivity contribution in [3.8, 4) is 0 Å². The van der Waals surface area contributed by atoms with Gasteiger partial charge in [-0.2, -0.15) is 0 Å². The number of benzene rings is 2. The zero-order valence-corrected chi connectivity index (χ0v) is 15.1. The standard InChI is InChI=1S/C19H14Cl2N4O/c20-14-5-3-6-15(21)17(14)24-19-22-10-13(11-23-19)18(26)25-9-8-12-4-1-2-7-16(12)25/h1-7,10-11H,8-9H2,(H,22,23,24). The van der Waals surface area contributed by atoms with Gasteiger partial charge < -0.3 is 10.2 Å². The van der Waals surface area contributed by atoms with Crippen molar-refractivity contribution < 1.29 is 4.79 Å². The lowest BCUT2D eigenvalue weighted by molar-refractivity contribution is 0.0988. The number of carbonyl (C=O) groups excluding carboxylic acids is 1. The number of aromatic nitrogens is 2. The summed E-state index contributed by atoms with van der Waals surface area (Å²) in [5.74, 6) is 0.204. The smallest absolute Gasteiger partial charge is 0.261 e. The summed E-state index contributed by atoms with van der Waals surface area (Å²) in [5.41, 5.74) is 3.08. The minimum Gasteiger partial charge on any atom is -0.322 e. The third-order valence-electron chi connectivity index (χ3n) is 4.23. The molecule has 26 heavy (non-hydrogen) atoms. The van der Waals surface area contributed by atoms with E-state index in [2.05, 4.69) is 15.3 Å². The van der Waals surface area contributed by atoms with Crippen molar-refractivity contribution in [3.05, 3.63) is 76.0 Å². The molecule has 1 aromatic heterocycles. The van der Waals surface area contributed by atoms with Gasteiger partial charge in [-0.05, 0) is 30.2 Å². The van der Waals surface area contributed by atoms with Gasteiger partial charge in [0.1, 0.15) is 0 Å². The predicted molar refractivity (Wildman–Crippen MR) is 104 cm³/mol. The molecule has 4 rings (SSSR count). The van der Waals surface area contributed by atoms with E-state index < -0.39 is 0 Å². The van der Waals surface area contributed by atoms with E-state index in [-0.39, 0.29) is 5.91 Å². The second kappa shape index (κ2) is 6.94. The van der Waals surface area contributed by atoms with Crippen LogP contribution < -0.4 is 10.2 Å². The first-order chi connectivity index (χ1) is 12.6. The van der Waals surface area contributed by atoms with Gasteiger partial charge in [0.25, 0.3) is 5.91 Å². The average Bonchev–Trinajstić information content (AvgIpc) is 3.09. The third-order valence-corrected chi connectivity index (χ3v) is 4.86. The van der Waals surface area contributed by atoms with Crippen molar-refractivity contribution >= 4 is 46.4 Å². The molecular weight excluding hydrogens is 371 g/mol. The minimum atomic E-state index is -0.114. The Morgan fingerprint density at radius 1 is 1.00 bits per heavy atom. The van der Waals surface area contributed by atoms with Gasteiger partial charge in [0.2, 0.25) is 5.95 Å². The fourth-order valence-corrected chi connectivity index (χ4v) is 3.43. The largest absolute Gasteiger partial charge is 0.322 e. The highest BCUT2D eigenvalue weighted by atomic mass is 35.5. The first-order valence-electron chi connectivity index (χ1n) is 8.06. The Labute approximate surface area is 160 Å². The third kappa shape index (κ3) is 3.11. The lowest BCUT2D eigenvalue weighted by Gasteiger charge is -2.17. The summed E-state index contributed by atoms with van der Waals surface area (Å²) in [5, 5.41) is 3.92. The topological polar surface area (TPSA) is 58.1 Å². The highest BCUT2D eigenvalue weighted by Crippen LogP contribution is 2.32. The summed E-state index contributed by atoms with van der Waals surface area (Å²) < 4.78 is 0. The zero-order chi connectivity index (χ0) is 18.1. The van der Waals surface area contributed by atoms with Gasteiger partial charge in [-0.25, -0.2) is 9.97 Å². The lowest BCUT2D eigenvalue weighted by atomic mass is 10.2. The first kappa shape index (κ1) is 16.8. The number of amides is 1. The number of hydrogen-bond donors (Lipinski definition) is 1. The molecule has 0 fully saturated rings. The van der Waals surface area contributed by atoms with Crippen LogP contribution in [-0.2, 0) is 6.42 Å². The maximum absolute atomic E-state index is 12.8. The van der Waals surface area contributed by atoms with Gasteiger partial charge in [0.05, 0.1) is 21.3 Å². The van der Waals surface area contributed by atoms with E-state index in [4.69, 9.17) is 23.2 Å². The normalized spacial score (nSPS) is 12.8. The Kier molecular flexibility index (Phi) is 4.49. The van der Waals surface area contributed by atoms with Crippen molar-refractivity contribution in [2.45, 2.75) is 6.42 Å². The summed E-state index contributed by atoms with van der Waals surface area (Å²) in [6.45, 7) is 0.660. The molecular formula is C19H14Cl2N4O. The predicted octanol–water partition coefficient (Wildman–Crippen LogP) is 4.73. The van der Waals surface area contributed by atoms with Crippen molar-refractivity contribution in [3.63, 3.8) is 0 Å². The highest BCUT2D eigenvalue weighted by Gasteiger charge is 2.25. The van der Waals surface area contributed by atoms with Gasteiger partial charge in [-0.1, -0.05) is 47.5 Å². The van der Waals surface area contributed by atoms with Gasteiger partial charge in [-0.15, -0.1) is 0 Å². The SMILES string of the molecule is O=C(c1cnc(Nc2c(Cl)cccc2Cl)nc1)N1CCc2ccccc21. The summed E-state index contributed by atoms with van der Waals surface area (Å²) in [4.78, 5) is 23.0. The summed E-state index contributed by atoms with van der Waals surface area (Å²) in [6.07, 6.45) is 3.86. The second-order valence-electron chi connectivity index (χ2n) is 5.85. The Balaban J connectivity index is 1.54. The Morgan fingerprint density at radius 2 is 1.69 bits per heavy atom. The number of nitrogens with one attached hydrogen (secondary N) is 1. The van der Waals surface area contributed by atoms with Gasteiger partial charge in [0, 0.05) is 24.6 Å². The Bertz CT molecular complexity index is 955. The number of fused-ring (bicyclic) bond motifs is 1. The van der Waals surface area contributed by atoms with Crippen LogP contribution in [0.3, 0.4) is 0 Å². The van der Waals surface area contributed by atoms with Crippen LogP contribution in [0.15, 0.2) is 54.9 Å². The van der Waals surface area contributed by atoms with Gasteiger partial charge in [0.15, 0.2) is 0 Å². The van der Waals surface area contributed by atoms with Crippen LogP contribution in [0.5, 0.6) is 0 Å². The lowest BCUT2D eigenvalue weighted by Crippen LogP contribution is -2.29. The molecule has 0 unspecified atom stereocenters. The number of halogens is 2. The Hall–Kier alpha value is -2.63. The molecule has 0 spiro atoms. The molecule has 1 aliphatic heterocycles. The van der Waals surface area contributed by atoms with Crippen LogP contribution in [0.4, 0.5) is 17.3 Å². The molecule has 0 radical (unpaired) electrons. The van der Waals surface area contributed by atoms with E-state index in [0.29, 0.717) is 33.8 Å². The molecule has 7 heteroatoms. The molecule has 5 nitrogen and oxygen atoms in total. The van der Waals surface area contributed by atoms with E-state index in [1.165, 1.54) is 18.0 Å². The zero-order valence-electron chi connectivity index (χ0n) is 13.6. The maximum Gasteiger partial charge on any atom is 0.261 e. The fourth-order valence-electron chi connectivity index (χ4n) is 2.94. The second-order valence-corrected chi connectivity index (χ2v) is 6.67. The van der Waals surface area contributed by atoms with Crippen molar-refractivity contribution in [1.82, 2.24) is 9.97 Å². The molecule has 2 aromatic carbocycles. The molecule has 0 aliphatic carbocycles.